The molecule has 1 aromatic carbocycles. The van der Waals surface area contributed by atoms with E-state index in [1.54, 1.807) is 0 Å². The lowest BCUT2D eigenvalue weighted by molar-refractivity contribution is -0.139. The molecule has 18 heavy (non-hydrogen) atoms. The van der Waals surface area contributed by atoms with Crippen LogP contribution in [0.5, 0.6) is 0 Å². The third kappa shape index (κ3) is 2.78. The summed E-state index contributed by atoms with van der Waals surface area (Å²) < 4.78 is 37.1. The Bertz CT molecular complexity index is 447. The van der Waals surface area contributed by atoms with Crippen molar-refractivity contribution >= 4 is 17.7 Å². The molecule has 0 radical (unpaired) electrons. The van der Waals surface area contributed by atoms with Crippen molar-refractivity contribution in [3.05, 3.63) is 35.4 Å². The Labute approximate surface area is 105 Å². The molecule has 0 amide bonds. The number of rotatable bonds is 2. The third-order valence-electron chi connectivity index (χ3n) is 2.62. The van der Waals surface area contributed by atoms with Crippen LogP contribution in [0, 0.1) is 0 Å². The monoisotopic (exact) mass is 277 g/mol. The van der Waals surface area contributed by atoms with Crippen molar-refractivity contribution in [2.75, 3.05) is 5.75 Å². The number of aliphatic carboxylic acids is 1. The SMILES string of the molecule is O=C(O)[C@H]1CS[C@H](c2ccc(C(F)(F)F)cc2)N1. The Balaban J connectivity index is 2.10. The lowest BCUT2D eigenvalue weighted by Crippen LogP contribution is -2.33. The maximum Gasteiger partial charge on any atom is 0.416 e. The van der Waals surface area contributed by atoms with E-state index in [9.17, 15) is 18.0 Å². The van der Waals surface area contributed by atoms with Gasteiger partial charge in [-0.25, -0.2) is 0 Å². The highest BCUT2D eigenvalue weighted by atomic mass is 32.2. The Hall–Kier alpha value is -1.21. The summed E-state index contributed by atoms with van der Waals surface area (Å²) in [5.74, 6) is -0.544. The van der Waals surface area contributed by atoms with Gasteiger partial charge in [-0.15, -0.1) is 11.8 Å². The zero-order valence-electron chi connectivity index (χ0n) is 9.07. The average molecular weight is 277 g/mol. The maximum atomic E-state index is 12.4. The molecular weight excluding hydrogens is 267 g/mol. The molecule has 0 bridgehead atoms. The highest BCUT2D eigenvalue weighted by molar-refractivity contribution is 7.99. The van der Waals surface area contributed by atoms with Crippen LogP contribution in [0.4, 0.5) is 13.2 Å². The van der Waals surface area contributed by atoms with Crippen LogP contribution in [-0.2, 0) is 11.0 Å². The summed E-state index contributed by atoms with van der Waals surface area (Å²) in [5, 5.41) is 11.4. The van der Waals surface area contributed by atoms with Gasteiger partial charge in [-0.2, -0.15) is 13.2 Å². The van der Waals surface area contributed by atoms with Gasteiger partial charge in [-0.1, -0.05) is 12.1 Å². The number of carbonyl (C=O) groups is 1. The molecule has 7 heteroatoms. The average Bonchev–Trinajstić information content (AvgIpc) is 2.77. The van der Waals surface area contributed by atoms with Gasteiger partial charge in [-0.05, 0) is 17.7 Å². The Kier molecular flexibility index (Phi) is 3.54. The van der Waals surface area contributed by atoms with E-state index in [1.165, 1.54) is 23.9 Å². The van der Waals surface area contributed by atoms with Crippen LogP contribution < -0.4 is 5.32 Å². The number of nitrogens with one attached hydrogen (secondary N) is 1. The van der Waals surface area contributed by atoms with E-state index in [2.05, 4.69) is 5.32 Å². The van der Waals surface area contributed by atoms with E-state index in [-0.39, 0.29) is 5.37 Å². The van der Waals surface area contributed by atoms with Gasteiger partial charge in [0.25, 0.3) is 0 Å². The van der Waals surface area contributed by atoms with Gasteiger partial charge in [0.05, 0.1) is 10.9 Å². The second-order valence-electron chi connectivity index (χ2n) is 3.89. The van der Waals surface area contributed by atoms with E-state index >= 15 is 0 Å². The van der Waals surface area contributed by atoms with Crippen LogP contribution in [0.2, 0.25) is 0 Å². The number of carboxylic acids is 1. The summed E-state index contributed by atoms with van der Waals surface area (Å²) in [6, 6.07) is 4.11. The summed E-state index contributed by atoms with van der Waals surface area (Å²) in [7, 11) is 0. The number of alkyl halides is 3. The van der Waals surface area contributed by atoms with E-state index in [1.807, 2.05) is 0 Å². The van der Waals surface area contributed by atoms with Crippen molar-refractivity contribution < 1.29 is 23.1 Å². The largest absolute Gasteiger partial charge is 0.480 e. The van der Waals surface area contributed by atoms with Crippen LogP contribution in [-0.4, -0.2) is 22.9 Å². The predicted octanol–water partition coefficient (Wildman–Crippen LogP) is 2.49. The van der Waals surface area contributed by atoms with Crippen molar-refractivity contribution in [2.45, 2.75) is 17.6 Å². The van der Waals surface area contributed by atoms with Crippen molar-refractivity contribution in [1.29, 1.82) is 0 Å². The van der Waals surface area contributed by atoms with Gasteiger partial charge in [0, 0.05) is 5.75 Å². The number of hydrogen-bond donors (Lipinski definition) is 2. The van der Waals surface area contributed by atoms with Crippen LogP contribution in [0.1, 0.15) is 16.5 Å². The number of hydrogen-bond acceptors (Lipinski definition) is 3. The molecule has 0 unspecified atom stereocenters. The lowest BCUT2D eigenvalue weighted by atomic mass is 10.1. The Morgan fingerprint density at radius 1 is 1.33 bits per heavy atom. The molecule has 0 aromatic heterocycles. The molecule has 1 aliphatic heterocycles. The second kappa shape index (κ2) is 4.81. The first-order chi connectivity index (χ1) is 8.38. The number of halogens is 3. The van der Waals surface area contributed by atoms with Crippen LogP contribution in [0.3, 0.4) is 0 Å². The molecule has 1 heterocycles. The molecule has 1 aliphatic rings. The fourth-order valence-electron chi connectivity index (χ4n) is 1.65. The van der Waals surface area contributed by atoms with Gasteiger partial charge in [-0.3, -0.25) is 10.1 Å². The Morgan fingerprint density at radius 2 is 1.94 bits per heavy atom. The quantitative estimate of drug-likeness (QED) is 0.872. The normalized spacial score (nSPS) is 24.2. The first-order valence-corrected chi connectivity index (χ1v) is 6.20. The summed E-state index contributed by atoms with van der Waals surface area (Å²) in [5.41, 5.74) is -0.0548. The zero-order valence-corrected chi connectivity index (χ0v) is 9.89. The zero-order chi connectivity index (χ0) is 13.3. The fourth-order valence-corrected chi connectivity index (χ4v) is 2.89. The predicted molar refractivity (Wildman–Crippen MR) is 61.2 cm³/mol. The molecule has 1 saturated heterocycles. The summed E-state index contributed by atoms with van der Waals surface area (Å²) in [6.07, 6.45) is -4.35. The van der Waals surface area contributed by atoms with Gasteiger partial charge >= 0.3 is 12.1 Å². The topological polar surface area (TPSA) is 49.3 Å². The minimum atomic E-state index is -4.35. The molecule has 2 atom stereocenters. The van der Waals surface area contributed by atoms with Crippen molar-refractivity contribution in [3.63, 3.8) is 0 Å². The van der Waals surface area contributed by atoms with E-state index in [0.717, 1.165) is 12.1 Å². The van der Waals surface area contributed by atoms with Gasteiger partial charge in [0.2, 0.25) is 0 Å². The smallest absolute Gasteiger partial charge is 0.416 e. The molecular formula is C11H10F3NO2S. The minimum Gasteiger partial charge on any atom is -0.480 e. The van der Waals surface area contributed by atoms with Crippen molar-refractivity contribution in [1.82, 2.24) is 5.32 Å². The van der Waals surface area contributed by atoms with Crippen molar-refractivity contribution in [2.24, 2.45) is 0 Å². The molecule has 0 saturated carbocycles. The fraction of sp³-hybridized carbons (Fsp3) is 0.364. The van der Waals surface area contributed by atoms with Gasteiger partial charge in [0.1, 0.15) is 6.04 Å². The van der Waals surface area contributed by atoms with Crippen LogP contribution in [0.15, 0.2) is 24.3 Å². The molecule has 2 N–H and O–H groups in total. The minimum absolute atomic E-state index is 0.270. The van der Waals surface area contributed by atoms with Crippen LogP contribution in [0.25, 0.3) is 0 Å². The van der Waals surface area contributed by atoms with E-state index < -0.39 is 23.8 Å². The highest BCUT2D eigenvalue weighted by Gasteiger charge is 2.32. The second-order valence-corrected chi connectivity index (χ2v) is 5.03. The molecule has 0 spiro atoms. The standard InChI is InChI=1S/C11H10F3NO2S/c12-11(13,14)7-3-1-6(2-4-7)9-15-8(5-18-9)10(16)17/h1-4,8-9,15H,5H2,(H,16,17)/t8-,9-/m1/s1. The molecule has 2 rings (SSSR count). The van der Waals surface area contributed by atoms with Crippen molar-refractivity contribution in [3.8, 4) is 0 Å². The summed E-state index contributed by atoms with van der Waals surface area (Å²) >= 11 is 1.37. The summed E-state index contributed by atoms with van der Waals surface area (Å²) in [6.45, 7) is 0. The van der Waals surface area contributed by atoms with Gasteiger partial charge < -0.3 is 5.11 Å². The van der Waals surface area contributed by atoms with Gasteiger partial charge in [0.15, 0.2) is 0 Å². The highest BCUT2D eigenvalue weighted by Crippen LogP contribution is 2.35. The number of carboxylic acid groups (broad SMARTS) is 1. The maximum absolute atomic E-state index is 12.4. The molecule has 3 nitrogen and oxygen atoms in total. The number of benzene rings is 1. The summed E-state index contributed by atoms with van der Waals surface area (Å²) in [4.78, 5) is 10.7. The first-order valence-electron chi connectivity index (χ1n) is 5.15. The third-order valence-corrected chi connectivity index (χ3v) is 3.89. The number of thioether (sulfide) groups is 1. The molecule has 1 fully saturated rings. The first kappa shape index (κ1) is 13.2. The van der Waals surface area contributed by atoms with E-state index in [4.69, 9.17) is 5.11 Å². The molecule has 0 aliphatic carbocycles. The Morgan fingerprint density at radius 3 is 2.39 bits per heavy atom. The molecule has 98 valence electrons. The van der Waals surface area contributed by atoms with Crippen LogP contribution >= 0.6 is 11.8 Å². The molecule has 1 aromatic rings. The lowest BCUT2D eigenvalue weighted by Gasteiger charge is -2.12. The van der Waals surface area contributed by atoms with E-state index in [0.29, 0.717) is 11.3 Å².